The summed E-state index contributed by atoms with van der Waals surface area (Å²) >= 11 is 12.0. The zero-order chi connectivity index (χ0) is 15.5. The number of anilines is 1. The SMILES string of the molecule is Fc1ccccc1CN1CCN(c2ccc(Cl)c(Cl)c2)CC1. The van der Waals surface area contributed by atoms with Crippen molar-refractivity contribution in [1.29, 1.82) is 0 Å². The highest BCUT2D eigenvalue weighted by atomic mass is 35.5. The second-order valence-corrected chi connectivity index (χ2v) is 6.27. The first-order valence-corrected chi connectivity index (χ1v) is 8.05. The van der Waals surface area contributed by atoms with E-state index in [1.807, 2.05) is 30.3 Å². The van der Waals surface area contributed by atoms with Crippen LogP contribution in [-0.2, 0) is 6.54 Å². The van der Waals surface area contributed by atoms with E-state index in [1.54, 1.807) is 6.07 Å². The zero-order valence-corrected chi connectivity index (χ0v) is 13.6. The highest BCUT2D eigenvalue weighted by molar-refractivity contribution is 6.42. The third-order valence-corrected chi connectivity index (χ3v) is 4.73. The minimum absolute atomic E-state index is 0.130. The van der Waals surface area contributed by atoms with Crippen LogP contribution in [0.2, 0.25) is 10.0 Å². The summed E-state index contributed by atoms with van der Waals surface area (Å²) in [7, 11) is 0. The Morgan fingerprint density at radius 2 is 1.64 bits per heavy atom. The first kappa shape index (κ1) is 15.6. The quantitative estimate of drug-likeness (QED) is 0.815. The van der Waals surface area contributed by atoms with Crippen LogP contribution in [0.4, 0.5) is 10.1 Å². The van der Waals surface area contributed by atoms with Gasteiger partial charge in [-0.25, -0.2) is 4.39 Å². The van der Waals surface area contributed by atoms with Crippen molar-refractivity contribution in [2.45, 2.75) is 6.54 Å². The van der Waals surface area contributed by atoms with Crippen LogP contribution < -0.4 is 4.90 Å². The van der Waals surface area contributed by atoms with E-state index in [4.69, 9.17) is 23.2 Å². The summed E-state index contributed by atoms with van der Waals surface area (Å²) < 4.78 is 13.7. The molecule has 116 valence electrons. The van der Waals surface area contributed by atoms with E-state index in [2.05, 4.69) is 9.80 Å². The van der Waals surface area contributed by atoms with Gasteiger partial charge in [0.1, 0.15) is 5.82 Å². The summed E-state index contributed by atoms with van der Waals surface area (Å²) in [6, 6.07) is 12.7. The molecule has 2 aromatic carbocycles. The smallest absolute Gasteiger partial charge is 0.127 e. The fourth-order valence-electron chi connectivity index (χ4n) is 2.71. The van der Waals surface area contributed by atoms with Crippen molar-refractivity contribution in [3.8, 4) is 0 Å². The minimum Gasteiger partial charge on any atom is -0.369 e. The van der Waals surface area contributed by atoms with E-state index < -0.39 is 0 Å². The van der Waals surface area contributed by atoms with Gasteiger partial charge in [-0.1, -0.05) is 41.4 Å². The molecule has 2 aromatic rings. The van der Waals surface area contributed by atoms with Crippen LogP contribution in [0.5, 0.6) is 0 Å². The van der Waals surface area contributed by atoms with Crippen molar-refractivity contribution in [1.82, 2.24) is 4.90 Å². The van der Waals surface area contributed by atoms with Gasteiger partial charge in [0.15, 0.2) is 0 Å². The standard InChI is InChI=1S/C17H17Cl2FN2/c18-15-6-5-14(11-16(15)19)22-9-7-21(8-10-22)12-13-3-1-2-4-17(13)20/h1-6,11H,7-10,12H2. The minimum atomic E-state index is -0.130. The maximum Gasteiger partial charge on any atom is 0.127 e. The summed E-state index contributed by atoms with van der Waals surface area (Å²) in [6.45, 7) is 4.24. The summed E-state index contributed by atoms with van der Waals surface area (Å²) in [4.78, 5) is 4.55. The maximum atomic E-state index is 13.7. The van der Waals surface area contributed by atoms with Crippen LogP contribution in [0.3, 0.4) is 0 Å². The van der Waals surface area contributed by atoms with Crippen LogP contribution >= 0.6 is 23.2 Å². The van der Waals surface area contributed by atoms with Crippen LogP contribution in [0.15, 0.2) is 42.5 Å². The van der Waals surface area contributed by atoms with Gasteiger partial charge >= 0.3 is 0 Å². The Morgan fingerprint density at radius 1 is 0.909 bits per heavy atom. The Kier molecular flexibility index (Phi) is 4.87. The van der Waals surface area contributed by atoms with Crippen molar-refractivity contribution in [3.05, 3.63) is 63.9 Å². The molecule has 0 amide bonds. The lowest BCUT2D eigenvalue weighted by Gasteiger charge is -2.36. The van der Waals surface area contributed by atoms with Gasteiger partial charge in [0, 0.05) is 44.0 Å². The van der Waals surface area contributed by atoms with E-state index in [0.717, 1.165) is 37.4 Å². The second kappa shape index (κ2) is 6.86. The molecule has 22 heavy (non-hydrogen) atoms. The van der Waals surface area contributed by atoms with Gasteiger partial charge in [0.05, 0.1) is 10.0 Å². The highest BCUT2D eigenvalue weighted by Gasteiger charge is 2.18. The van der Waals surface area contributed by atoms with Crippen LogP contribution in [0.1, 0.15) is 5.56 Å². The molecule has 1 fully saturated rings. The maximum absolute atomic E-state index is 13.7. The Balaban J connectivity index is 1.60. The molecule has 1 aliphatic heterocycles. The molecular weight excluding hydrogens is 322 g/mol. The molecule has 1 heterocycles. The normalized spacial score (nSPS) is 16.0. The average Bonchev–Trinajstić information content (AvgIpc) is 2.53. The second-order valence-electron chi connectivity index (χ2n) is 5.45. The number of hydrogen-bond donors (Lipinski definition) is 0. The van der Waals surface area contributed by atoms with Crippen molar-refractivity contribution in [2.75, 3.05) is 31.1 Å². The lowest BCUT2D eigenvalue weighted by molar-refractivity contribution is 0.246. The monoisotopic (exact) mass is 338 g/mol. The predicted octanol–water partition coefficient (Wildman–Crippen LogP) is 4.45. The van der Waals surface area contributed by atoms with Crippen molar-refractivity contribution < 1.29 is 4.39 Å². The van der Waals surface area contributed by atoms with Crippen molar-refractivity contribution in [3.63, 3.8) is 0 Å². The number of halogens is 3. The summed E-state index contributed by atoms with van der Waals surface area (Å²) in [5.41, 5.74) is 1.84. The molecule has 5 heteroatoms. The predicted molar refractivity (Wildman–Crippen MR) is 90.4 cm³/mol. The number of hydrogen-bond acceptors (Lipinski definition) is 2. The first-order valence-electron chi connectivity index (χ1n) is 7.29. The number of benzene rings is 2. The van der Waals surface area contributed by atoms with Gasteiger partial charge in [0.25, 0.3) is 0 Å². The van der Waals surface area contributed by atoms with Crippen molar-refractivity contribution >= 4 is 28.9 Å². The van der Waals surface area contributed by atoms with Gasteiger partial charge in [-0.15, -0.1) is 0 Å². The van der Waals surface area contributed by atoms with Gasteiger partial charge in [-0.3, -0.25) is 4.90 Å². The number of piperazine rings is 1. The zero-order valence-electron chi connectivity index (χ0n) is 12.1. The summed E-state index contributed by atoms with van der Waals surface area (Å²) in [5, 5.41) is 1.15. The van der Waals surface area contributed by atoms with Gasteiger partial charge in [0.2, 0.25) is 0 Å². The van der Waals surface area contributed by atoms with Gasteiger partial charge < -0.3 is 4.90 Å². The molecule has 0 aromatic heterocycles. The molecule has 0 saturated carbocycles. The third kappa shape index (κ3) is 3.54. The van der Waals surface area contributed by atoms with Crippen LogP contribution in [-0.4, -0.2) is 31.1 Å². The molecule has 0 unspecified atom stereocenters. The molecule has 0 atom stereocenters. The van der Waals surface area contributed by atoms with E-state index in [9.17, 15) is 4.39 Å². The van der Waals surface area contributed by atoms with E-state index in [-0.39, 0.29) is 5.82 Å². The molecular formula is C17H17Cl2FN2. The molecule has 0 radical (unpaired) electrons. The lowest BCUT2D eigenvalue weighted by Crippen LogP contribution is -2.46. The molecule has 3 rings (SSSR count). The fourth-order valence-corrected chi connectivity index (χ4v) is 3.01. The van der Waals surface area contributed by atoms with Crippen LogP contribution in [0.25, 0.3) is 0 Å². The van der Waals surface area contributed by atoms with E-state index >= 15 is 0 Å². The summed E-state index contributed by atoms with van der Waals surface area (Å²) in [6.07, 6.45) is 0. The number of rotatable bonds is 3. The molecule has 0 spiro atoms. The number of nitrogens with zero attached hydrogens (tertiary/aromatic N) is 2. The summed E-state index contributed by atoms with van der Waals surface area (Å²) in [5.74, 6) is -0.130. The van der Waals surface area contributed by atoms with Gasteiger partial charge in [-0.05, 0) is 24.3 Å². The molecule has 0 N–H and O–H groups in total. The van der Waals surface area contributed by atoms with E-state index in [0.29, 0.717) is 16.6 Å². The Bertz CT molecular complexity index is 655. The molecule has 1 aliphatic rings. The highest BCUT2D eigenvalue weighted by Crippen LogP contribution is 2.28. The van der Waals surface area contributed by atoms with Gasteiger partial charge in [-0.2, -0.15) is 0 Å². The van der Waals surface area contributed by atoms with Crippen LogP contribution in [0, 0.1) is 5.82 Å². The molecule has 2 nitrogen and oxygen atoms in total. The molecule has 1 saturated heterocycles. The average molecular weight is 339 g/mol. The lowest BCUT2D eigenvalue weighted by atomic mass is 10.1. The first-order chi connectivity index (χ1) is 10.6. The Morgan fingerprint density at radius 3 is 2.32 bits per heavy atom. The Hall–Kier alpha value is -1.29. The Labute approximate surface area is 140 Å². The third-order valence-electron chi connectivity index (χ3n) is 3.99. The van der Waals surface area contributed by atoms with E-state index in [1.165, 1.54) is 6.07 Å². The van der Waals surface area contributed by atoms with Crippen molar-refractivity contribution in [2.24, 2.45) is 0 Å². The molecule has 0 aliphatic carbocycles. The topological polar surface area (TPSA) is 6.48 Å². The molecule has 0 bridgehead atoms. The largest absolute Gasteiger partial charge is 0.369 e. The fraction of sp³-hybridized carbons (Fsp3) is 0.294.